The first-order valence-corrected chi connectivity index (χ1v) is 14.8. The number of ether oxygens (including phenoxy) is 2. The Morgan fingerprint density at radius 1 is 1.18 bits per heavy atom. The fourth-order valence-corrected chi connectivity index (χ4v) is 6.50. The van der Waals surface area contributed by atoms with Gasteiger partial charge in [0.15, 0.2) is 0 Å². The van der Waals surface area contributed by atoms with Crippen LogP contribution in [0.25, 0.3) is 0 Å². The normalized spacial score (nSPS) is 22.0. The number of morpholine rings is 1. The van der Waals surface area contributed by atoms with E-state index in [2.05, 4.69) is 11.8 Å². The number of halogens is 1. The molecule has 0 unspecified atom stereocenters. The van der Waals surface area contributed by atoms with Crippen molar-refractivity contribution in [3.8, 4) is 17.6 Å². The number of carbonyl (C=O) groups excluding carboxylic acids is 1. The number of hydrogen-bond acceptors (Lipinski definition) is 7. The second-order valence-electron chi connectivity index (χ2n) is 10.3. The number of nitrogens with zero attached hydrogens (tertiary/aromatic N) is 3. The van der Waals surface area contributed by atoms with Crippen molar-refractivity contribution in [1.82, 2.24) is 14.1 Å². The summed E-state index contributed by atoms with van der Waals surface area (Å²) in [6.45, 7) is 6.35. The third-order valence-corrected chi connectivity index (χ3v) is 9.20. The van der Waals surface area contributed by atoms with Gasteiger partial charge in [0.25, 0.3) is 0 Å². The number of carbonyl (C=O) groups is 1. The van der Waals surface area contributed by atoms with Gasteiger partial charge < -0.3 is 19.5 Å². The zero-order valence-corrected chi connectivity index (χ0v) is 23.9. The van der Waals surface area contributed by atoms with Crippen LogP contribution in [0.2, 0.25) is 0 Å². The number of likely N-dealkylation sites (N-methyl/N-ethyl adjacent to an activating group) is 1. The molecule has 1 fully saturated rings. The number of amides is 1. The van der Waals surface area contributed by atoms with Crippen LogP contribution in [-0.2, 0) is 19.6 Å². The standard InChI is InChI=1S/C29H36FN3O6S/c1-21-17-33(22(2)20-34)40(36,37)28-10-9-24(8-7-23-5-4-6-25(30)15-23)16-26(28)39-27(21)18-31(3)29(35)19-32-11-13-38-14-12-32/h4-6,9-10,15-16,21-22,27,34H,11-14,17-20H2,1-3H3/t21-,22-,27-/m0/s1. The lowest BCUT2D eigenvalue weighted by atomic mass is 10.0. The largest absolute Gasteiger partial charge is 0.487 e. The van der Waals surface area contributed by atoms with Crippen LogP contribution < -0.4 is 4.74 Å². The van der Waals surface area contributed by atoms with Gasteiger partial charge in [0, 0.05) is 49.8 Å². The molecule has 11 heteroatoms. The average molecular weight is 574 g/mol. The van der Waals surface area contributed by atoms with Crippen LogP contribution in [0, 0.1) is 23.6 Å². The fraction of sp³-hybridized carbons (Fsp3) is 0.483. The number of benzene rings is 2. The molecule has 40 heavy (non-hydrogen) atoms. The van der Waals surface area contributed by atoms with E-state index in [1.54, 1.807) is 43.1 Å². The molecule has 1 saturated heterocycles. The first-order chi connectivity index (χ1) is 19.1. The molecule has 1 amide bonds. The van der Waals surface area contributed by atoms with E-state index in [1.807, 2.05) is 11.8 Å². The monoisotopic (exact) mass is 573 g/mol. The SMILES string of the molecule is C[C@H]1CN([C@@H](C)CO)S(=O)(=O)c2ccc(C#Cc3cccc(F)c3)cc2O[C@H]1CN(C)C(=O)CN1CCOCC1. The summed E-state index contributed by atoms with van der Waals surface area (Å²) in [5.74, 6) is 5.19. The van der Waals surface area contributed by atoms with Crippen molar-refractivity contribution in [2.45, 2.75) is 30.9 Å². The lowest BCUT2D eigenvalue weighted by Crippen LogP contribution is -2.51. The summed E-state index contributed by atoms with van der Waals surface area (Å²) >= 11 is 0. The molecule has 0 aromatic heterocycles. The lowest BCUT2D eigenvalue weighted by Gasteiger charge is -2.38. The van der Waals surface area contributed by atoms with Gasteiger partial charge in [0.1, 0.15) is 22.6 Å². The molecular formula is C29H36FN3O6S. The highest BCUT2D eigenvalue weighted by Gasteiger charge is 2.38. The Morgan fingerprint density at radius 3 is 2.55 bits per heavy atom. The van der Waals surface area contributed by atoms with Gasteiger partial charge in [-0.25, -0.2) is 12.8 Å². The number of sulfonamides is 1. The molecule has 3 atom stereocenters. The maximum atomic E-state index is 13.7. The number of fused-ring (bicyclic) bond motifs is 1. The minimum absolute atomic E-state index is 0.0386. The maximum Gasteiger partial charge on any atom is 0.247 e. The summed E-state index contributed by atoms with van der Waals surface area (Å²) < 4.78 is 54.0. The summed E-state index contributed by atoms with van der Waals surface area (Å²) in [6.07, 6.45) is -0.535. The van der Waals surface area contributed by atoms with Crippen LogP contribution in [0.1, 0.15) is 25.0 Å². The highest BCUT2D eigenvalue weighted by Crippen LogP contribution is 2.34. The van der Waals surface area contributed by atoms with E-state index in [0.29, 0.717) is 37.4 Å². The molecule has 216 valence electrons. The summed E-state index contributed by atoms with van der Waals surface area (Å²) in [6, 6.07) is 9.81. The van der Waals surface area contributed by atoms with Crippen molar-refractivity contribution in [2.75, 3.05) is 59.6 Å². The molecule has 1 N–H and O–H groups in total. The summed E-state index contributed by atoms with van der Waals surface area (Å²) in [5, 5.41) is 9.85. The lowest BCUT2D eigenvalue weighted by molar-refractivity contribution is -0.133. The molecule has 0 bridgehead atoms. The number of aliphatic hydroxyl groups is 1. The van der Waals surface area contributed by atoms with Crippen LogP contribution in [0.15, 0.2) is 47.4 Å². The van der Waals surface area contributed by atoms with E-state index in [-0.39, 0.29) is 48.7 Å². The maximum absolute atomic E-state index is 13.7. The van der Waals surface area contributed by atoms with Crippen LogP contribution >= 0.6 is 0 Å². The second-order valence-corrected chi connectivity index (χ2v) is 12.2. The van der Waals surface area contributed by atoms with E-state index in [9.17, 15) is 22.7 Å². The zero-order chi connectivity index (χ0) is 28.9. The first kappa shape index (κ1) is 30.0. The molecule has 0 saturated carbocycles. The Morgan fingerprint density at radius 2 is 1.88 bits per heavy atom. The van der Waals surface area contributed by atoms with E-state index in [1.165, 1.54) is 22.5 Å². The number of aliphatic hydroxyl groups excluding tert-OH is 1. The molecule has 2 aliphatic rings. The van der Waals surface area contributed by atoms with Crippen LogP contribution in [0.4, 0.5) is 4.39 Å². The highest BCUT2D eigenvalue weighted by molar-refractivity contribution is 7.89. The van der Waals surface area contributed by atoms with E-state index in [4.69, 9.17) is 9.47 Å². The molecule has 4 rings (SSSR count). The quantitative estimate of drug-likeness (QED) is 0.526. The van der Waals surface area contributed by atoms with Crippen LogP contribution in [0.5, 0.6) is 5.75 Å². The van der Waals surface area contributed by atoms with E-state index < -0.39 is 28.0 Å². The van der Waals surface area contributed by atoms with Gasteiger partial charge in [-0.3, -0.25) is 9.69 Å². The minimum Gasteiger partial charge on any atom is -0.487 e. The summed E-state index contributed by atoms with van der Waals surface area (Å²) in [4.78, 5) is 16.6. The molecule has 2 heterocycles. The Labute approximate surface area is 235 Å². The number of hydrogen-bond donors (Lipinski definition) is 1. The van der Waals surface area contributed by atoms with Gasteiger partial charge in [-0.2, -0.15) is 4.31 Å². The Kier molecular flexibility index (Phi) is 9.81. The molecule has 2 aromatic rings. The Hall–Kier alpha value is -3.01. The molecular weight excluding hydrogens is 537 g/mol. The molecule has 0 radical (unpaired) electrons. The zero-order valence-electron chi connectivity index (χ0n) is 23.0. The van der Waals surface area contributed by atoms with Crippen molar-refractivity contribution in [1.29, 1.82) is 0 Å². The first-order valence-electron chi connectivity index (χ1n) is 13.3. The van der Waals surface area contributed by atoms with Crippen LogP contribution in [0.3, 0.4) is 0 Å². The van der Waals surface area contributed by atoms with Gasteiger partial charge in [-0.1, -0.05) is 24.8 Å². The molecule has 0 spiro atoms. The Balaban J connectivity index is 1.65. The molecule has 0 aliphatic carbocycles. The van der Waals surface area contributed by atoms with Crippen molar-refractivity contribution in [2.24, 2.45) is 5.92 Å². The smallest absolute Gasteiger partial charge is 0.247 e. The van der Waals surface area contributed by atoms with Crippen molar-refractivity contribution in [3.05, 3.63) is 59.4 Å². The van der Waals surface area contributed by atoms with Gasteiger partial charge in [-0.05, 0) is 43.3 Å². The summed E-state index contributed by atoms with van der Waals surface area (Å²) in [5.41, 5.74) is 0.971. The van der Waals surface area contributed by atoms with Gasteiger partial charge in [-0.15, -0.1) is 0 Å². The van der Waals surface area contributed by atoms with E-state index in [0.717, 1.165) is 0 Å². The van der Waals surface area contributed by atoms with Gasteiger partial charge in [0.2, 0.25) is 15.9 Å². The van der Waals surface area contributed by atoms with Gasteiger partial charge in [0.05, 0.1) is 32.9 Å². The van der Waals surface area contributed by atoms with Crippen molar-refractivity contribution in [3.63, 3.8) is 0 Å². The molecule has 2 aromatic carbocycles. The predicted octanol–water partition coefficient (Wildman–Crippen LogP) is 1.78. The van der Waals surface area contributed by atoms with E-state index >= 15 is 0 Å². The van der Waals surface area contributed by atoms with Gasteiger partial charge >= 0.3 is 0 Å². The summed E-state index contributed by atoms with van der Waals surface area (Å²) in [7, 11) is -2.30. The molecule has 2 aliphatic heterocycles. The van der Waals surface area contributed by atoms with Crippen molar-refractivity contribution >= 4 is 15.9 Å². The third kappa shape index (κ3) is 7.19. The Bertz CT molecular complexity index is 1370. The third-order valence-electron chi connectivity index (χ3n) is 7.19. The van der Waals surface area contributed by atoms with Crippen molar-refractivity contribution < 1.29 is 32.2 Å². The topological polar surface area (TPSA) is 99.6 Å². The fourth-order valence-electron chi connectivity index (χ4n) is 4.67. The minimum atomic E-state index is -4.01. The van der Waals surface area contributed by atoms with Crippen LogP contribution in [-0.4, -0.2) is 105 Å². The second kappa shape index (κ2) is 13.1. The average Bonchev–Trinajstić information content (AvgIpc) is 2.93. The highest BCUT2D eigenvalue weighted by atomic mass is 32.2. The number of rotatable bonds is 6. The predicted molar refractivity (Wildman–Crippen MR) is 148 cm³/mol. The molecule has 9 nitrogen and oxygen atoms in total.